The van der Waals surface area contributed by atoms with Gasteiger partial charge in [-0.05, 0) is 18.1 Å². The van der Waals surface area contributed by atoms with Gasteiger partial charge in [0.1, 0.15) is 5.56 Å². The van der Waals surface area contributed by atoms with Crippen molar-refractivity contribution in [2.45, 2.75) is 13.0 Å². The molecule has 1 heterocycles. The lowest BCUT2D eigenvalue weighted by Gasteiger charge is -2.06. The van der Waals surface area contributed by atoms with Gasteiger partial charge in [0.05, 0.1) is 6.61 Å². The van der Waals surface area contributed by atoms with E-state index in [0.717, 1.165) is 12.0 Å². The van der Waals surface area contributed by atoms with Gasteiger partial charge in [-0.3, -0.25) is 4.79 Å². The van der Waals surface area contributed by atoms with Gasteiger partial charge in [0.15, 0.2) is 12.4 Å². The standard InChI is InChI=1S/C16H18N2O3/c19-16(15-8-4-10-18(20)12-15)17-9-5-11-21-13-14-6-2-1-3-7-14/h1-4,6-8,10,12H,5,9,11,13H2,(H,17,19). The molecule has 0 aliphatic rings. The summed E-state index contributed by atoms with van der Waals surface area (Å²) in [5.41, 5.74) is 1.49. The third kappa shape index (κ3) is 5.24. The number of carbonyl (C=O) groups is 1. The highest BCUT2D eigenvalue weighted by Gasteiger charge is 2.07. The van der Waals surface area contributed by atoms with Crippen LogP contribution >= 0.6 is 0 Å². The number of ether oxygens (including phenoxy) is 1. The summed E-state index contributed by atoms with van der Waals surface area (Å²) in [4.78, 5) is 11.7. The lowest BCUT2D eigenvalue weighted by atomic mass is 10.2. The van der Waals surface area contributed by atoms with E-state index < -0.39 is 0 Å². The van der Waals surface area contributed by atoms with E-state index in [1.54, 1.807) is 12.1 Å². The molecule has 110 valence electrons. The Balaban J connectivity index is 1.60. The highest BCUT2D eigenvalue weighted by atomic mass is 16.5. The van der Waals surface area contributed by atoms with E-state index in [0.29, 0.717) is 30.1 Å². The van der Waals surface area contributed by atoms with Gasteiger partial charge in [-0.1, -0.05) is 30.3 Å². The fourth-order valence-electron chi connectivity index (χ4n) is 1.83. The molecule has 0 spiro atoms. The van der Waals surface area contributed by atoms with Crippen LogP contribution in [0, 0.1) is 5.21 Å². The third-order valence-corrected chi connectivity index (χ3v) is 2.90. The number of nitrogens with zero attached hydrogens (tertiary/aromatic N) is 1. The van der Waals surface area contributed by atoms with Crippen LogP contribution in [0.4, 0.5) is 0 Å². The van der Waals surface area contributed by atoms with Crippen LogP contribution in [-0.2, 0) is 11.3 Å². The molecule has 0 aliphatic heterocycles. The maximum Gasteiger partial charge on any atom is 0.257 e. The third-order valence-electron chi connectivity index (χ3n) is 2.90. The Hall–Kier alpha value is -2.40. The monoisotopic (exact) mass is 286 g/mol. The molecule has 2 rings (SSSR count). The average Bonchev–Trinajstić information content (AvgIpc) is 2.51. The highest BCUT2D eigenvalue weighted by molar-refractivity contribution is 5.93. The number of hydrogen-bond acceptors (Lipinski definition) is 3. The van der Waals surface area contributed by atoms with Crippen LogP contribution in [0.5, 0.6) is 0 Å². The summed E-state index contributed by atoms with van der Waals surface area (Å²) in [6.07, 6.45) is 3.32. The molecular weight excluding hydrogens is 268 g/mol. The quantitative estimate of drug-likeness (QED) is 0.478. The molecule has 0 saturated carbocycles. The lowest BCUT2D eigenvalue weighted by Crippen LogP contribution is -2.30. The van der Waals surface area contributed by atoms with E-state index in [1.165, 1.54) is 12.4 Å². The Morgan fingerprint density at radius 3 is 2.76 bits per heavy atom. The smallest absolute Gasteiger partial charge is 0.257 e. The fourth-order valence-corrected chi connectivity index (χ4v) is 1.83. The number of hydrogen-bond donors (Lipinski definition) is 1. The van der Waals surface area contributed by atoms with Gasteiger partial charge < -0.3 is 15.3 Å². The van der Waals surface area contributed by atoms with Gasteiger partial charge in [-0.2, -0.15) is 4.73 Å². The maximum absolute atomic E-state index is 11.7. The molecule has 0 saturated heterocycles. The lowest BCUT2D eigenvalue weighted by molar-refractivity contribution is -0.605. The first-order valence-electron chi connectivity index (χ1n) is 6.84. The van der Waals surface area contributed by atoms with Crippen molar-refractivity contribution in [2.24, 2.45) is 0 Å². The molecule has 2 aromatic rings. The van der Waals surface area contributed by atoms with Crippen molar-refractivity contribution < 1.29 is 14.3 Å². The molecular formula is C16H18N2O3. The summed E-state index contributed by atoms with van der Waals surface area (Å²) < 4.78 is 6.13. The molecule has 5 heteroatoms. The van der Waals surface area contributed by atoms with Crippen LogP contribution in [0.25, 0.3) is 0 Å². The molecule has 0 bridgehead atoms. The Morgan fingerprint density at radius 1 is 1.19 bits per heavy atom. The summed E-state index contributed by atoms with van der Waals surface area (Å²) >= 11 is 0. The van der Waals surface area contributed by atoms with Gasteiger partial charge in [0, 0.05) is 19.2 Å². The van der Waals surface area contributed by atoms with Crippen LogP contribution in [0.15, 0.2) is 54.9 Å². The predicted molar refractivity (Wildman–Crippen MR) is 78.5 cm³/mol. The van der Waals surface area contributed by atoms with Crippen molar-refractivity contribution in [3.63, 3.8) is 0 Å². The predicted octanol–water partition coefficient (Wildman–Crippen LogP) is 1.66. The van der Waals surface area contributed by atoms with Gasteiger partial charge in [0.2, 0.25) is 0 Å². The molecule has 0 radical (unpaired) electrons. The average molecular weight is 286 g/mol. The largest absolute Gasteiger partial charge is 0.619 e. The van der Waals surface area contributed by atoms with E-state index in [9.17, 15) is 10.0 Å². The maximum atomic E-state index is 11.7. The number of amides is 1. The fraction of sp³-hybridized carbons (Fsp3) is 0.250. The molecule has 1 N–H and O–H groups in total. The minimum absolute atomic E-state index is 0.247. The molecule has 1 aromatic heterocycles. The Kier molecular flexibility index (Phi) is 5.72. The number of pyridine rings is 1. The summed E-state index contributed by atoms with van der Waals surface area (Å²) in [6, 6.07) is 13.1. The highest BCUT2D eigenvalue weighted by Crippen LogP contribution is 2.00. The van der Waals surface area contributed by atoms with Crippen LogP contribution in [0.1, 0.15) is 22.3 Å². The van der Waals surface area contributed by atoms with Crippen molar-refractivity contribution in [1.29, 1.82) is 0 Å². The van der Waals surface area contributed by atoms with Crippen molar-refractivity contribution in [2.75, 3.05) is 13.2 Å². The molecule has 0 fully saturated rings. The van der Waals surface area contributed by atoms with Crippen molar-refractivity contribution in [3.05, 3.63) is 71.2 Å². The molecule has 0 unspecified atom stereocenters. The van der Waals surface area contributed by atoms with Crippen LogP contribution < -0.4 is 10.0 Å². The van der Waals surface area contributed by atoms with E-state index in [1.807, 2.05) is 30.3 Å². The minimum atomic E-state index is -0.247. The number of benzene rings is 1. The van der Waals surface area contributed by atoms with Crippen LogP contribution in [0.3, 0.4) is 0 Å². The second kappa shape index (κ2) is 8.01. The number of nitrogens with one attached hydrogen (secondary N) is 1. The first-order chi connectivity index (χ1) is 10.3. The number of aromatic nitrogens is 1. The molecule has 5 nitrogen and oxygen atoms in total. The normalized spacial score (nSPS) is 10.3. The van der Waals surface area contributed by atoms with Gasteiger partial charge in [-0.15, -0.1) is 0 Å². The van der Waals surface area contributed by atoms with Crippen molar-refractivity contribution in [1.82, 2.24) is 5.32 Å². The zero-order valence-corrected chi connectivity index (χ0v) is 11.7. The second-order valence-electron chi connectivity index (χ2n) is 4.60. The van der Waals surface area contributed by atoms with Crippen LogP contribution in [0.2, 0.25) is 0 Å². The molecule has 1 aromatic carbocycles. The molecule has 21 heavy (non-hydrogen) atoms. The van der Waals surface area contributed by atoms with Crippen molar-refractivity contribution in [3.8, 4) is 0 Å². The minimum Gasteiger partial charge on any atom is -0.619 e. The van der Waals surface area contributed by atoms with Crippen molar-refractivity contribution >= 4 is 5.91 Å². The van der Waals surface area contributed by atoms with Gasteiger partial charge in [0.25, 0.3) is 5.91 Å². The Bertz CT molecular complexity index is 573. The van der Waals surface area contributed by atoms with Gasteiger partial charge in [-0.25, -0.2) is 0 Å². The zero-order valence-electron chi connectivity index (χ0n) is 11.7. The summed E-state index contributed by atoms with van der Waals surface area (Å²) in [5, 5.41) is 13.8. The SMILES string of the molecule is O=C(NCCCOCc1ccccc1)c1ccc[n+]([O-])c1. The zero-order chi connectivity index (χ0) is 14.9. The topological polar surface area (TPSA) is 65.3 Å². The Labute approximate surface area is 123 Å². The van der Waals surface area contributed by atoms with E-state index in [4.69, 9.17) is 4.74 Å². The molecule has 1 amide bonds. The van der Waals surface area contributed by atoms with Crippen LogP contribution in [-0.4, -0.2) is 19.1 Å². The summed E-state index contributed by atoms with van der Waals surface area (Å²) in [7, 11) is 0. The molecule has 0 atom stereocenters. The number of carbonyl (C=O) groups excluding carboxylic acids is 1. The molecule has 0 aliphatic carbocycles. The summed E-state index contributed by atoms with van der Waals surface area (Å²) in [6.45, 7) is 1.66. The second-order valence-corrected chi connectivity index (χ2v) is 4.60. The number of rotatable bonds is 7. The van der Waals surface area contributed by atoms with E-state index >= 15 is 0 Å². The Morgan fingerprint density at radius 2 is 2.00 bits per heavy atom. The summed E-state index contributed by atoms with van der Waals surface area (Å²) in [5.74, 6) is -0.247. The van der Waals surface area contributed by atoms with E-state index in [2.05, 4.69) is 5.32 Å². The first kappa shape index (κ1) is 15.0. The van der Waals surface area contributed by atoms with Gasteiger partial charge >= 0.3 is 0 Å². The first-order valence-corrected chi connectivity index (χ1v) is 6.84. The van der Waals surface area contributed by atoms with E-state index in [-0.39, 0.29) is 5.91 Å².